The largest absolute Gasteiger partial charge is 0.489 e. The lowest BCUT2D eigenvalue weighted by atomic mass is 9.78. The minimum atomic E-state index is -1.41. The van der Waals surface area contributed by atoms with Gasteiger partial charge in [-0.1, -0.05) is 60.1 Å². The predicted octanol–water partition coefficient (Wildman–Crippen LogP) is 4.49. The van der Waals surface area contributed by atoms with Crippen molar-refractivity contribution in [3.05, 3.63) is 105 Å². The Kier molecular flexibility index (Phi) is 5.31. The van der Waals surface area contributed by atoms with E-state index in [1.165, 1.54) is 0 Å². The third-order valence-corrected chi connectivity index (χ3v) is 6.95. The molecule has 0 radical (unpaired) electrons. The predicted molar refractivity (Wildman–Crippen MR) is 125 cm³/mol. The van der Waals surface area contributed by atoms with Crippen LogP contribution in [0.3, 0.4) is 0 Å². The topological polar surface area (TPSA) is 93.5 Å². The van der Waals surface area contributed by atoms with Gasteiger partial charge >= 0.3 is 0 Å². The fraction of sp³-hybridized carbons (Fsp3) is 0.240. The van der Waals surface area contributed by atoms with Crippen LogP contribution in [0.5, 0.6) is 5.75 Å². The van der Waals surface area contributed by atoms with Gasteiger partial charge in [-0.05, 0) is 36.8 Å². The molecule has 1 fully saturated rings. The lowest BCUT2D eigenvalue weighted by Crippen LogP contribution is -2.54. The number of fused-ring (bicyclic) bond motifs is 2. The summed E-state index contributed by atoms with van der Waals surface area (Å²) < 4.78 is 5.85. The maximum atomic E-state index is 13.1. The molecule has 1 saturated heterocycles. The molecule has 0 unspecified atom stereocenters. The van der Waals surface area contributed by atoms with Gasteiger partial charge in [0, 0.05) is 32.8 Å². The van der Waals surface area contributed by atoms with Gasteiger partial charge in [-0.3, -0.25) is 20.2 Å². The second-order valence-corrected chi connectivity index (χ2v) is 8.85. The normalized spacial score (nSPS) is 25.6. The number of halogens is 1. The molecule has 0 aliphatic carbocycles. The van der Waals surface area contributed by atoms with Crippen LogP contribution in [0.25, 0.3) is 0 Å². The lowest BCUT2D eigenvalue weighted by molar-refractivity contribution is -0.532. The Morgan fingerprint density at radius 3 is 2.48 bits per heavy atom. The summed E-state index contributed by atoms with van der Waals surface area (Å²) in [4.78, 5) is 25.1. The standard InChI is InChI=1S/C25H22ClN3O4/c1-15-22(16-10-12-18(13-11-16)33-14-17-6-2-4-8-20(17)26)23(29(31)32)25(28-15)19-7-3-5-9-21(19)27-24(25)30/h2-13,15,22-23,28H,14H2,1H3,(H,27,30)/t15-,22-,23-,25-/m0/s1. The van der Waals surface area contributed by atoms with Crippen LogP contribution in [-0.4, -0.2) is 22.9 Å². The number of carbonyl (C=O) groups excluding carboxylic acids is 1. The summed E-state index contributed by atoms with van der Waals surface area (Å²) in [5.74, 6) is -0.262. The summed E-state index contributed by atoms with van der Waals surface area (Å²) in [6, 6.07) is 20.4. The minimum absolute atomic E-state index is 0.299. The Morgan fingerprint density at radius 2 is 1.76 bits per heavy atom. The molecule has 168 valence electrons. The van der Waals surface area contributed by atoms with Crippen molar-refractivity contribution in [1.82, 2.24) is 5.32 Å². The third kappa shape index (κ3) is 3.44. The van der Waals surface area contributed by atoms with Crippen molar-refractivity contribution in [3.63, 3.8) is 0 Å². The van der Waals surface area contributed by atoms with Crippen LogP contribution in [0.2, 0.25) is 5.02 Å². The molecule has 3 aromatic rings. The second-order valence-electron chi connectivity index (χ2n) is 8.45. The van der Waals surface area contributed by atoms with Crippen molar-refractivity contribution in [2.75, 3.05) is 5.32 Å². The molecule has 33 heavy (non-hydrogen) atoms. The summed E-state index contributed by atoms with van der Waals surface area (Å²) in [5, 5.41) is 19.1. The van der Waals surface area contributed by atoms with Gasteiger partial charge in [-0.25, -0.2) is 0 Å². The van der Waals surface area contributed by atoms with Gasteiger partial charge in [0.1, 0.15) is 12.4 Å². The minimum Gasteiger partial charge on any atom is -0.489 e. The molecule has 0 aromatic heterocycles. The number of anilines is 1. The number of hydrogen-bond donors (Lipinski definition) is 2. The van der Waals surface area contributed by atoms with E-state index < -0.39 is 17.5 Å². The molecule has 2 aliphatic rings. The van der Waals surface area contributed by atoms with Crippen molar-refractivity contribution < 1.29 is 14.5 Å². The highest BCUT2D eigenvalue weighted by Crippen LogP contribution is 2.49. The van der Waals surface area contributed by atoms with Crippen molar-refractivity contribution in [2.45, 2.75) is 37.1 Å². The zero-order chi connectivity index (χ0) is 23.2. The molecule has 5 rings (SSSR count). The fourth-order valence-electron chi connectivity index (χ4n) is 5.12. The van der Waals surface area contributed by atoms with Crippen molar-refractivity contribution in [3.8, 4) is 5.75 Å². The zero-order valence-electron chi connectivity index (χ0n) is 17.8. The number of nitro groups is 1. The molecule has 0 saturated carbocycles. The molecule has 2 aliphatic heterocycles. The number of benzene rings is 3. The highest BCUT2D eigenvalue weighted by Gasteiger charge is 2.67. The molecule has 7 nitrogen and oxygen atoms in total. The molecule has 0 bridgehead atoms. The van der Waals surface area contributed by atoms with E-state index in [4.69, 9.17) is 16.3 Å². The summed E-state index contributed by atoms with van der Waals surface area (Å²) in [5.41, 5.74) is 1.46. The first-order chi connectivity index (χ1) is 15.9. The van der Waals surface area contributed by atoms with Crippen molar-refractivity contribution in [1.29, 1.82) is 0 Å². The van der Waals surface area contributed by atoms with Crippen molar-refractivity contribution >= 4 is 23.2 Å². The summed E-state index contributed by atoms with van der Waals surface area (Å²) in [6.45, 7) is 2.20. The quantitative estimate of drug-likeness (QED) is 0.429. The summed E-state index contributed by atoms with van der Waals surface area (Å²) in [7, 11) is 0. The number of rotatable bonds is 5. The van der Waals surface area contributed by atoms with Crippen LogP contribution >= 0.6 is 11.6 Å². The van der Waals surface area contributed by atoms with Crippen LogP contribution in [0, 0.1) is 10.1 Å². The van der Waals surface area contributed by atoms with Gasteiger partial charge in [0.05, 0.1) is 5.92 Å². The van der Waals surface area contributed by atoms with Gasteiger partial charge < -0.3 is 10.1 Å². The Bertz CT molecular complexity index is 1230. The molecule has 2 N–H and O–H groups in total. The number of nitrogens with zero attached hydrogens (tertiary/aromatic N) is 1. The second kappa shape index (κ2) is 8.17. The maximum absolute atomic E-state index is 13.1. The van der Waals surface area contributed by atoms with Gasteiger partial charge in [0.2, 0.25) is 0 Å². The number of carbonyl (C=O) groups is 1. The van der Waals surface area contributed by atoms with Gasteiger partial charge in [0.15, 0.2) is 5.54 Å². The summed E-state index contributed by atoms with van der Waals surface area (Å²) in [6.07, 6.45) is 0. The monoisotopic (exact) mass is 463 g/mol. The van der Waals surface area contributed by atoms with Crippen LogP contribution in [0.4, 0.5) is 5.69 Å². The Balaban J connectivity index is 1.44. The number of hydrogen-bond acceptors (Lipinski definition) is 5. The number of nitrogens with one attached hydrogen (secondary N) is 2. The molecular weight excluding hydrogens is 442 g/mol. The number of amides is 1. The lowest BCUT2D eigenvalue weighted by Gasteiger charge is -2.25. The van der Waals surface area contributed by atoms with Crippen LogP contribution < -0.4 is 15.4 Å². The van der Waals surface area contributed by atoms with E-state index in [0.29, 0.717) is 28.6 Å². The molecule has 2 heterocycles. The zero-order valence-corrected chi connectivity index (χ0v) is 18.6. The average Bonchev–Trinajstić information content (AvgIpc) is 3.27. The number of ether oxygens (including phenoxy) is 1. The molecule has 4 atom stereocenters. The maximum Gasteiger partial charge on any atom is 0.256 e. The smallest absolute Gasteiger partial charge is 0.256 e. The Labute approximate surface area is 195 Å². The third-order valence-electron chi connectivity index (χ3n) is 6.58. The van der Waals surface area contributed by atoms with E-state index in [0.717, 1.165) is 11.1 Å². The molecule has 1 spiro atoms. The van der Waals surface area contributed by atoms with E-state index in [1.807, 2.05) is 43.3 Å². The van der Waals surface area contributed by atoms with Crippen molar-refractivity contribution in [2.24, 2.45) is 0 Å². The average molecular weight is 464 g/mol. The fourth-order valence-corrected chi connectivity index (χ4v) is 5.31. The van der Waals surface area contributed by atoms with E-state index in [2.05, 4.69) is 10.6 Å². The Hall–Kier alpha value is -3.42. The van der Waals surface area contributed by atoms with E-state index in [-0.39, 0.29) is 16.9 Å². The molecular formula is C25H22ClN3O4. The highest BCUT2D eigenvalue weighted by molar-refractivity contribution is 6.31. The van der Waals surface area contributed by atoms with E-state index in [9.17, 15) is 14.9 Å². The first-order valence-corrected chi connectivity index (χ1v) is 11.1. The SMILES string of the molecule is C[C@@H]1N[C@]2(C(=O)Nc3ccccc32)[C@@H]([N+](=O)[O-])[C@@H]1c1ccc(OCc2ccccc2Cl)cc1. The number of para-hydroxylation sites is 1. The first kappa shape index (κ1) is 21.4. The first-order valence-electron chi connectivity index (χ1n) is 10.7. The molecule has 3 aromatic carbocycles. The van der Waals surface area contributed by atoms with Crippen LogP contribution in [-0.2, 0) is 16.9 Å². The van der Waals surface area contributed by atoms with Gasteiger partial charge in [-0.15, -0.1) is 0 Å². The molecule has 8 heteroatoms. The van der Waals surface area contributed by atoms with E-state index >= 15 is 0 Å². The van der Waals surface area contributed by atoms with E-state index in [1.54, 1.807) is 36.4 Å². The molecule has 1 amide bonds. The Morgan fingerprint density at radius 1 is 1.06 bits per heavy atom. The highest BCUT2D eigenvalue weighted by atomic mass is 35.5. The van der Waals surface area contributed by atoms with Crippen LogP contribution in [0.15, 0.2) is 72.8 Å². The summed E-state index contributed by atoms with van der Waals surface area (Å²) >= 11 is 6.19. The van der Waals surface area contributed by atoms with Gasteiger partial charge in [0.25, 0.3) is 11.9 Å². The van der Waals surface area contributed by atoms with Gasteiger partial charge in [-0.2, -0.15) is 0 Å². The van der Waals surface area contributed by atoms with Crippen LogP contribution in [0.1, 0.15) is 29.5 Å².